The zero-order valence-electron chi connectivity index (χ0n) is 19.5. The second-order valence-electron chi connectivity index (χ2n) is 8.53. The van der Waals surface area contributed by atoms with Crippen LogP contribution in [0.2, 0.25) is 0 Å². The number of fused-ring (bicyclic) bond motifs is 1. The number of benzene rings is 1. The minimum atomic E-state index is 0.129. The molecule has 0 unspecified atom stereocenters. The first-order valence-electron chi connectivity index (χ1n) is 11.8. The van der Waals surface area contributed by atoms with Crippen LogP contribution in [0.1, 0.15) is 32.7 Å². The third-order valence-corrected chi connectivity index (χ3v) is 6.52. The lowest BCUT2D eigenvalue weighted by Gasteiger charge is -2.35. The molecule has 0 radical (unpaired) electrons. The summed E-state index contributed by atoms with van der Waals surface area (Å²) in [6.45, 7) is 6.97. The molecule has 0 saturated carbocycles. The van der Waals surface area contributed by atoms with Crippen LogP contribution >= 0.6 is 0 Å². The lowest BCUT2D eigenvalue weighted by atomic mass is 10.1. The highest BCUT2D eigenvalue weighted by atomic mass is 16.3. The van der Waals surface area contributed by atoms with Crippen LogP contribution in [0.4, 0.5) is 10.6 Å². The number of aromatic nitrogens is 4. The maximum absolute atomic E-state index is 12.6. The minimum Gasteiger partial charge on any atom is -0.436 e. The van der Waals surface area contributed by atoms with E-state index in [0.29, 0.717) is 22.9 Å². The summed E-state index contributed by atoms with van der Waals surface area (Å²) in [6, 6.07) is 9.95. The number of carbonyl (C=O) groups is 1. The van der Waals surface area contributed by atoms with Crippen LogP contribution in [0, 0.1) is 0 Å². The van der Waals surface area contributed by atoms with Crippen molar-refractivity contribution in [2.24, 2.45) is 0 Å². The molecule has 2 amide bonds. The molecule has 2 N–H and O–H groups in total. The topological polar surface area (TPSA) is 106 Å². The largest absolute Gasteiger partial charge is 0.436 e. The van der Waals surface area contributed by atoms with Crippen molar-refractivity contribution in [2.75, 3.05) is 31.9 Å². The molecule has 0 aliphatic carbocycles. The maximum atomic E-state index is 12.6. The van der Waals surface area contributed by atoms with Crippen LogP contribution in [0.3, 0.4) is 0 Å². The molecule has 0 bridgehead atoms. The number of pyridine rings is 1. The number of likely N-dealkylation sites (tertiary alicyclic amines) is 1. The number of nitrogen functional groups attached to an aromatic ring is 1. The molecule has 4 aromatic rings. The van der Waals surface area contributed by atoms with E-state index in [-0.39, 0.29) is 12.1 Å². The Bertz CT molecular complexity index is 1270. The lowest BCUT2D eigenvalue weighted by Crippen LogP contribution is -2.46. The first-order valence-corrected chi connectivity index (χ1v) is 11.8. The van der Waals surface area contributed by atoms with Gasteiger partial charge in [0.25, 0.3) is 0 Å². The highest BCUT2D eigenvalue weighted by Crippen LogP contribution is 2.32. The van der Waals surface area contributed by atoms with E-state index in [9.17, 15) is 4.79 Å². The average molecular weight is 460 g/mol. The molecule has 5 rings (SSSR count). The normalized spacial score (nSPS) is 14.6. The van der Waals surface area contributed by atoms with E-state index in [0.717, 1.165) is 55.7 Å². The number of anilines is 1. The van der Waals surface area contributed by atoms with Gasteiger partial charge in [-0.15, -0.1) is 0 Å². The van der Waals surface area contributed by atoms with Crippen molar-refractivity contribution in [1.82, 2.24) is 29.5 Å². The number of carbonyl (C=O) groups excluding carboxylic acids is 1. The Labute approximate surface area is 198 Å². The van der Waals surface area contributed by atoms with Gasteiger partial charge in [-0.2, -0.15) is 5.10 Å². The highest BCUT2D eigenvalue weighted by Gasteiger charge is 2.26. The monoisotopic (exact) mass is 459 g/mol. The van der Waals surface area contributed by atoms with Crippen LogP contribution in [-0.4, -0.2) is 61.8 Å². The van der Waals surface area contributed by atoms with Crippen molar-refractivity contribution in [1.29, 1.82) is 0 Å². The molecule has 1 aliphatic rings. The zero-order valence-corrected chi connectivity index (χ0v) is 19.5. The summed E-state index contributed by atoms with van der Waals surface area (Å²) in [5.41, 5.74) is 10.1. The van der Waals surface area contributed by atoms with Gasteiger partial charge in [0.2, 0.25) is 5.89 Å². The molecule has 9 nitrogen and oxygen atoms in total. The van der Waals surface area contributed by atoms with Gasteiger partial charge in [0.1, 0.15) is 11.3 Å². The van der Waals surface area contributed by atoms with Gasteiger partial charge in [-0.1, -0.05) is 12.1 Å². The van der Waals surface area contributed by atoms with Gasteiger partial charge in [0.15, 0.2) is 5.58 Å². The quantitative estimate of drug-likeness (QED) is 0.473. The van der Waals surface area contributed by atoms with Crippen LogP contribution in [0.25, 0.3) is 33.7 Å². The van der Waals surface area contributed by atoms with Crippen LogP contribution in [-0.2, 0) is 0 Å². The standard InChI is InChI=1S/C25H29N7O2/c1-3-30(4-2)25(33)31-11-9-19(10-12-31)32-16-18(15-28-32)17-13-20(23(26)27-14-17)24-29-21-7-5-6-8-22(21)34-24/h5-8,13-16,19H,3-4,9-12H2,1-2H3,(H2,26,27). The van der Waals surface area contributed by atoms with Crippen LogP contribution in [0.5, 0.6) is 0 Å². The van der Waals surface area contributed by atoms with E-state index in [1.807, 2.05) is 71.1 Å². The molecule has 176 valence electrons. The molecule has 0 spiro atoms. The van der Waals surface area contributed by atoms with E-state index in [1.54, 1.807) is 6.20 Å². The second kappa shape index (κ2) is 9.17. The zero-order chi connectivity index (χ0) is 23.7. The summed E-state index contributed by atoms with van der Waals surface area (Å²) in [5, 5.41) is 4.62. The Balaban J connectivity index is 1.32. The van der Waals surface area contributed by atoms with Gasteiger partial charge < -0.3 is 20.0 Å². The fourth-order valence-electron chi connectivity index (χ4n) is 4.49. The summed E-state index contributed by atoms with van der Waals surface area (Å²) in [7, 11) is 0. The predicted molar refractivity (Wildman–Crippen MR) is 131 cm³/mol. The van der Waals surface area contributed by atoms with E-state index in [1.165, 1.54) is 0 Å². The molecule has 1 saturated heterocycles. The lowest BCUT2D eigenvalue weighted by molar-refractivity contribution is 0.135. The Kier molecular flexibility index (Phi) is 5.91. The fourth-order valence-corrected chi connectivity index (χ4v) is 4.49. The van der Waals surface area contributed by atoms with Crippen molar-refractivity contribution >= 4 is 22.9 Å². The number of amides is 2. The summed E-state index contributed by atoms with van der Waals surface area (Å²) < 4.78 is 7.90. The third kappa shape index (κ3) is 4.09. The van der Waals surface area contributed by atoms with Crippen molar-refractivity contribution in [2.45, 2.75) is 32.7 Å². The maximum Gasteiger partial charge on any atom is 0.319 e. The number of oxazole rings is 1. The molecule has 3 aromatic heterocycles. The van der Waals surface area contributed by atoms with E-state index in [2.05, 4.69) is 15.1 Å². The number of urea groups is 1. The number of rotatable bonds is 5. The minimum absolute atomic E-state index is 0.129. The fraction of sp³-hybridized carbons (Fsp3) is 0.360. The molecular weight excluding hydrogens is 430 g/mol. The van der Waals surface area contributed by atoms with Crippen molar-refractivity contribution in [3.05, 3.63) is 48.9 Å². The summed E-state index contributed by atoms with van der Waals surface area (Å²) in [6.07, 6.45) is 7.38. The van der Waals surface area contributed by atoms with E-state index >= 15 is 0 Å². The number of para-hydroxylation sites is 2. The van der Waals surface area contributed by atoms with Gasteiger partial charge in [0, 0.05) is 49.7 Å². The SMILES string of the molecule is CCN(CC)C(=O)N1CCC(n2cc(-c3cnc(N)c(-c4nc5ccccc5o4)c3)cn2)CC1. The Morgan fingerprint density at radius 2 is 1.91 bits per heavy atom. The molecule has 9 heteroatoms. The van der Waals surface area contributed by atoms with E-state index in [4.69, 9.17) is 10.2 Å². The van der Waals surface area contributed by atoms with Crippen molar-refractivity contribution in [3.8, 4) is 22.6 Å². The first-order chi connectivity index (χ1) is 16.6. The smallest absolute Gasteiger partial charge is 0.319 e. The number of nitrogens with zero attached hydrogens (tertiary/aromatic N) is 6. The van der Waals surface area contributed by atoms with Gasteiger partial charge in [-0.05, 0) is 44.9 Å². The number of piperidine rings is 1. The molecule has 1 aliphatic heterocycles. The Morgan fingerprint density at radius 3 is 2.65 bits per heavy atom. The molecule has 34 heavy (non-hydrogen) atoms. The first kappa shape index (κ1) is 21.9. The summed E-state index contributed by atoms with van der Waals surface area (Å²) in [5.74, 6) is 0.818. The number of hydrogen-bond donors (Lipinski definition) is 1. The van der Waals surface area contributed by atoms with Gasteiger partial charge in [-0.25, -0.2) is 14.8 Å². The summed E-state index contributed by atoms with van der Waals surface area (Å²) >= 11 is 0. The van der Waals surface area contributed by atoms with Gasteiger partial charge in [0.05, 0.1) is 17.8 Å². The van der Waals surface area contributed by atoms with Gasteiger partial charge >= 0.3 is 6.03 Å². The molecule has 1 aromatic carbocycles. The van der Waals surface area contributed by atoms with Crippen LogP contribution < -0.4 is 5.73 Å². The molecule has 0 atom stereocenters. The third-order valence-electron chi connectivity index (χ3n) is 6.52. The summed E-state index contributed by atoms with van der Waals surface area (Å²) in [4.78, 5) is 25.4. The number of nitrogens with two attached hydrogens (primary N) is 1. The van der Waals surface area contributed by atoms with Crippen LogP contribution in [0.15, 0.2) is 53.3 Å². The van der Waals surface area contributed by atoms with Gasteiger partial charge in [-0.3, -0.25) is 4.68 Å². The predicted octanol–water partition coefficient (Wildman–Crippen LogP) is 4.43. The molecular formula is C25H29N7O2. The average Bonchev–Trinajstić information content (AvgIpc) is 3.53. The number of hydrogen-bond acceptors (Lipinski definition) is 6. The molecule has 1 fully saturated rings. The Hall–Kier alpha value is -3.88. The second-order valence-corrected chi connectivity index (χ2v) is 8.53. The highest BCUT2D eigenvalue weighted by molar-refractivity contribution is 5.80. The molecule has 4 heterocycles. The van der Waals surface area contributed by atoms with Crippen molar-refractivity contribution < 1.29 is 9.21 Å². The van der Waals surface area contributed by atoms with Crippen molar-refractivity contribution in [3.63, 3.8) is 0 Å². The van der Waals surface area contributed by atoms with E-state index < -0.39 is 0 Å². The Morgan fingerprint density at radius 1 is 1.15 bits per heavy atom.